The van der Waals surface area contributed by atoms with Crippen molar-refractivity contribution in [3.63, 3.8) is 0 Å². The van der Waals surface area contributed by atoms with Gasteiger partial charge in [-0.05, 0) is 0 Å². The van der Waals surface area contributed by atoms with Gasteiger partial charge in [-0.15, -0.1) is 46.4 Å². The lowest BCUT2D eigenvalue weighted by atomic mass is 10.0. The Morgan fingerprint density at radius 3 is 1.56 bits per heavy atom. The summed E-state index contributed by atoms with van der Waals surface area (Å²) in [5.74, 6) is 0.443. The Hall–Kier alpha value is 0.900. The van der Waals surface area contributed by atoms with Crippen molar-refractivity contribution in [1.82, 2.24) is 0 Å². The minimum atomic E-state index is -0.653. The van der Waals surface area contributed by atoms with Crippen molar-refractivity contribution in [1.29, 1.82) is 0 Å². The molecular formula is C12H16Cl4. The molecule has 0 amide bonds. The lowest BCUT2D eigenvalue weighted by Crippen LogP contribution is -2.00. The van der Waals surface area contributed by atoms with Crippen molar-refractivity contribution in [2.24, 2.45) is 22.7 Å². The summed E-state index contributed by atoms with van der Waals surface area (Å²) in [5, 5.41) is 0. The van der Waals surface area contributed by atoms with Gasteiger partial charge < -0.3 is 0 Å². The van der Waals surface area contributed by atoms with E-state index in [4.69, 9.17) is 46.4 Å². The summed E-state index contributed by atoms with van der Waals surface area (Å²) in [4.78, 5) is 0. The van der Waals surface area contributed by atoms with Crippen molar-refractivity contribution in [2.75, 3.05) is 0 Å². The first-order valence-corrected chi connectivity index (χ1v) is 6.96. The molecule has 0 aromatic carbocycles. The largest absolute Gasteiger partial charge is 0.130 e. The van der Waals surface area contributed by atoms with Crippen LogP contribution in [0.1, 0.15) is 27.7 Å². The molecule has 2 aliphatic rings. The first-order valence-electron chi connectivity index (χ1n) is 5.44. The van der Waals surface area contributed by atoms with Crippen LogP contribution in [-0.4, -0.2) is 8.67 Å². The van der Waals surface area contributed by atoms with Gasteiger partial charge >= 0.3 is 0 Å². The van der Waals surface area contributed by atoms with Crippen LogP contribution in [0.3, 0.4) is 0 Å². The van der Waals surface area contributed by atoms with Crippen molar-refractivity contribution in [3.8, 4) is 0 Å². The Kier molecular flexibility index (Phi) is 2.72. The number of alkyl halides is 4. The molecule has 0 unspecified atom stereocenters. The second-order valence-corrected chi connectivity index (χ2v) is 8.58. The van der Waals surface area contributed by atoms with Crippen LogP contribution in [0.5, 0.6) is 0 Å². The van der Waals surface area contributed by atoms with Crippen LogP contribution in [0.25, 0.3) is 0 Å². The monoisotopic (exact) mass is 300 g/mol. The van der Waals surface area contributed by atoms with Crippen LogP contribution < -0.4 is 0 Å². The summed E-state index contributed by atoms with van der Waals surface area (Å²) < 4.78 is -1.30. The van der Waals surface area contributed by atoms with Crippen molar-refractivity contribution < 1.29 is 0 Å². The third-order valence-electron chi connectivity index (χ3n) is 4.66. The molecule has 4 heteroatoms. The molecule has 0 aliphatic heterocycles. The molecule has 0 saturated heterocycles. The molecule has 0 aromatic heterocycles. The summed E-state index contributed by atoms with van der Waals surface area (Å²) in [6.07, 6.45) is 4.15. The van der Waals surface area contributed by atoms with Gasteiger partial charge in [0.2, 0.25) is 0 Å². The quantitative estimate of drug-likeness (QED) is 0.485. The van der Waals surface area contributed by atoms with Crippen LogP contribution >= 0.6 is 46.4 Å². The van der Waals surface area contributed by atoms with E-state index in [1.165, 1.54) is 0 Å². The summed E-state index contributed by atoms with van der Waals surface area (Å²) in [7, 11) is 0. The summed E-state index contributed by atoms with van der Waals surface area (Å²) in [6.45, 7) is 8.25. The predicted octanol–water partition coefficient (Wildman–Crippen LogP) is 5.20. The van der Waals surface area contributed by atoms with Gasteiger partial charge in [-0.3, -0.25) is 0 Å². The summed E-state index contributed by atoms with van der Waals surface area (Å²) >= 11 is 24.8. The lowest BCUT2D eigenvalue weighted by molar-refractivity contribution is 0.597. The number of allylic oxidation sites excluding steroid dienone is 2. The smallest absolute Gasteiger partial charge is 0.100 e. The first kappa shape index (κ1) is 13.3. The molecule has 16 heavy (non-hydrogen) atoms. The van der Waals surface area contributed by atoms with Gasteiger partial charge in [-0.1, -0.05) is 39.8 Å². The molecule has 0 aromatic rings. The van der Waals surface area contributed by atoms with Crippen LogP contribution in [0.2, 0.25) is 0 Å². The maximum absolute atomic E-state index is 6.20. The Bertz CT molecular complexity index is 342. The predicted molar refractivity (Wildman–Crippen MR) is 72.6 cm³/mol. The van der Waals surface area contributed by atoms with Gasteiger partial charge in [-0.2, -0.15) is 0 Å². The number of rotatable bonds is 2. The van der Waals surface area contributed by atoms with E-state index in [9.17, 15) is 0 Å². The highest BCUT2D eigenvalue weighted by molar-refractivity contribution is 6.52. The topological polar surface area (TPSA) is 0 Å². The molecule has 2 fully saturated rings. The first-order chi connectivity index (χ1) is 6.99. The summed E-state index contributed by atoms with van der Waals surface area (Å²) in [5.41, 5.74) is -0.221. The molecule has 0 spiro atoms. The van der Waals surface area contributed by atoms with Crippen LogP contribution in [-0.2, 0) is 0 Å². The molecule has 3 atom stereocenters. The van der Waals surface area contributed by atoms with Gasteiger partial charge in [-0.25, -0.2) is 0 Å². The standard InChI is InChI=1S/C12H16Cl4/c1-7-10(4,11(7,13)14)6-5-8-9(2,3)12(8,15)16/h5-8H,1-4H3/b6-5+/t7-,8-,10-/m1/s1. The van der Waals surface area contributed by atoms with Gasteiger partial charge in [0.25, 0.3) is 0 Å². The van der Waals surface area contributed by atoms with Crippen LogP contribution in [0.4, 0.5) is 0 Å². The molecule has 2 saturated carbocycles. The minimum absolute atomic E-state index is 0.0671. The van der Waals surface area contributed by atoms with Gasteiger partial charge in [0.15, 0.2) is 0 Å². The van der Waals surface area contributed by atoms with E-state index in [0.717, 1.165) is 0 Å². The van der Waals surface area contributed by atoms with Gasteiger partial charge in [0.1, 0.15) is 8.67 Å². The van der Waals surface area contributed by atoms with E-state index in [-0.39, 0.29) is 22.7 Å². The highest BCUT2D eigenvalue weighted by Crippen LogP contribution is 2.72. The second-order valence-electron chi connectivity index (χ2n) is 5.81. The van der Waals surface area contributed by atoms with E-state index in [2.05, 4.69) is 39.8 Å². The van der Waals surface area contributed by atoms with E-state index in [1.807, 2.05) is 0 Å². The third-order valence-corrected chi connectivity index (χ3v) is 7.57. The van der Waals surface area contributed by atoms with E-state index in [1.54, 1.807) is 0 Å². The maximum Gasteiger partial charge on any atom is 0.130 e. The maximum atomic E-state index is 6.20. The van der Waals surface area contributed by atoms with Gasteiger partial charge in [0, 0.05) is 22.7 Å². The SMILES string of the molecule is C[C@H]1C(Cl)(Cl)[C@]1(C)/C=C/[C@@H]1C(C)(C)C1(Cl)Cl. The Labute approximate surface area is 117 Å². The summed E-state index contributed by atoms with van der Waals surface area (Å²) in [6, 6.07) is 0. The lowest BCUT2D eigenvalue weighted by Gasteiger charge is -2.04. The van der Waals surface area contributed by atoms with Crippen molar-refractivity contribution >= 4 is 46.4 Å². The Morgan fingerprint density at radius 2 is 1.31 bits per heavy atom. The fourth-order valence-corrected chi connectivity index (χ4v) is 3.98. The molecule has 2 aliphatic carbocycles. The van der Waals surface area contributed by atoms with Crippen LogP contribution in [0, 0.1) is 22.7 Å². The molecule has 0 radical (unpaired) electrons. The Balaban J connectivity index is 2.10. The van der Waals surface area contributed by atoms with E-state index in [0.29, 0.717) is 0 Å². The highest BCUT2D eigenvalue weighted by atomic mass is 35.5. The molecule has 0 heterocycles. The normalized spacial score (nSPS) is 47.0. The van der Waals surface area contributed by atoms with Crippen molar-refractivity contribution in [2.45, 2.75) is 36.4 Å². The molecule has 2 rings (SSSR count). The zero-order valence-corrected chi connectivity index (χ0v) is 12.8. The average molecular weight is 302 g/mol. The molecular weight excluding hydrogens is 286 g/mol. The average Bonchev–Trinajstić information content (AvgIpc) is 2.68. The fourth-order valence-electron chi connectivity index (χ4n) is 2.37. The van der Waals surface area contributed by atoms with Crippen molar-refractivity contribution in [3.05, 3.63) is 12.2 Å². The Morgan fingerprint density at radius 1 is 0.938 bits per heavy atom. The second kappa shape index (κ2) is 3.26. The highest BCUT2D eigenvalue weighted by Gasteiger charge is 2.71. The molecule has 0 N–H and O–H groups in total. The van der Waals surface area contributed by atoms with E-state index >= 15 is 0 Å². The van der Waals surface area contributed by atoms with E-state index < -0.39 is 8.67 Å². The molecule has 0 bridgehead atoms. The number of hydrogen-bond acceptors (Lipinski definition) is 0. The molecule has 92 valence electrons. The zero-order valence-electron chi connectivity index (χ0n) is 9.82. The number of halogens is 4. The third kappa shape index (κ3) is 1.43. The minimum Gasteiger partial charge on any atom is -0.100 e. The molecule has 0 nitrogen and oxygen atoms in total. The zero-order chi connectivity index (χ0) is 12.6. The van der Waals surface area contributed by atoms with Gasteiger partial charge in [0.05, 0.1) is 0 Å². The number of hydrogen-bond donors (Lipinski definition) is 0. The fraction of sp³-hybridized carbons (Fsp3) is 0.833. The van der Waals surface area contributed by atoms with Crippen LogP contribution in [0.15, 0.2) is 12.2 Å².